The number of carbonyl (C=O) groups is 1. The van der Waals surface area contributed by atoms with Gasteiger partial charge in [-0.25, -0.2) is 0 Å². The highest BCUT2D eigenvalue weighted by Gasteiger charge is 2.54. The Morgan fingerprint density at radius 1 is 1.12 bits per heavy atom. The molecule has 2 heterocycles. The van der Waals surface area contributed by atoms with Crippen LogP contribution in [0.3, 0.4) is 0 Å². The van der Waals surface area contributed by atoms with Crippen LogP contribution in [0.25, 0.3) is 0 Å². The van der Waals surface area contributed by atoms with Crippen molar-refractivity contribution in [3.63, 3.8) is 0 Å². The first-order valence-electron chi connectivity index (χ1n) is 9.28. The Balaban J connectivity index is 2.22. The second-order valence-corrected chi connectivity index (χ2v) is 8.94. The Labute approximate surface area is 152 Å². The number of esters is 1. The van der Waals surface area contributed by atoms with Crippen LogP contribution in [-0.4, -0.2) is 35.7 Å². The molecule has 0 aliphatic carbocycles. The van der Waals surface area contributed by atoms with Gasteiger partial charge in [-0.05, 0) is 65.9 Å². The van der Waals surface area contributed by atoms with Crippen LogP contribution in [0.5, 0.6) is 0 Å². The zero-order chi connectivity index (χ0) is 19.1. The second kappa shape index (κ2) is 6.71. The van der Waals surface area contributed by atoms with E-state index >= 15 is 0 Å². The summed E-state index contributed by atoms with van der Waals surface area (Å²) in [6.07, 6.45) is 4.67. The van der Waals surface area contributed by atoms with Gasteiger partial charge >= 0.3 is 13.1 Å². The Hall–Kier alpha value is -0.845. The third-order valence-corrected chi connectivity index (χ3v) is 5.16. The van der Waals surface area contributed by atoms with Crippen molar-refractivity contribution in [1.82, 2.24) is 0 Å². The molecule has 2 aliphatic rings. The second-order valence-electron chi connectivity index (χ2n) is 8.94. The molecule has 0 N–H and O–H groups in total. The van der Waals surface area contributed by atoms with Crippen LogP contribution in [0, 0.1) is 0 Å². The number of carbonyl (C=O) groups excluding carboxylic acids is 1. The molecule has 142 valence electrons. The minimum Gasteiger partial charge on any atom is -0.430 e. The summed E-state index contributed by atoms with van der Waals surface area (Å²) < 4.78 is 24.1. The molecule has 0 aromatic rings. The molecular formula is C19H33BO5. The molecule has 0 aromatic heterocycles. The van der Waals surface area contributed by atoms with Crippen molar-refractivity contribution in [3.8, 4) is 0 Å². The van der Waals surface area contributed by atoms with Crippen LogP contribution in [0.4, 0.5) is 0 Å². The van der Waals surface area contributed by atoms with Crippen molar-refractivity contribution in [2.24, 2.45) is 0 Å². The fourth-order valence-electron chi connectivity index (χ4n) is 3.29. The molecule has 0 radical (unpaired) electrons. The van der Waals surface area contributed by atoms with Crippen molar-refractivity contribution < 1.29 is 23.6 Å². The fourth-order valence-corrected chi connectivity index (χ4v) is 3.29. The maximum atomic E-state index is 12.1. The van der Waals surface area contributed by atoms with Crippen molar-refractivity contribution in [1.29, 1.82) is 0 Å². The number of rotatable bonds is 5. The van der Waals surface area contributed by atoms with Gasteiger partial charge in [-0.15, -0.1) is 0 Å². The highest BCUT2D eigenvalue weighted by atomic mass is 16.7. The lowest BCUT2D eigenvalue weighted by atomic mass is 9.70. The van der Waals surface area contributed by atoms with E-state index in [-0.39, 0.29) is 5.97 Å². The predicted octanol–water partition coefficient (Wildman–Crippen LogP) is 4.19. The van der Waals surface area contributed by atoms with Gasteiger partial charge in [0.05, 0.1) is 16.8 Å². The maximum Gasteiger partial charge on any atom is 0.490 e. The van der Waals surface area contributed by atoms with E-state index in [9.17, 15) is 4.79 Å². The first-order valence-corrected chi connectivity index (χ1v) is 9.28. The van der Waals surface area contributed by atoms with Gasteiger partial charge in [-0.1, -0.05) is 13.3 Å². The van der Waals surface area contributed by atoms with Gasteiger partial charge in [-0.2, -0.15) is 0 Å². The zero-order valence-electron chi connectivity index (χ0n) is 17.0. The number of hydrogen-bond donors (Lipinski definition) is 0. The van der Waals surface area contributed by atoms with E-state index in [0.29, 0.717) is 12.8 Å². The largest absolute Gasteiger partial charge is 0.490 e. The van der Waals surface area contributed by atoms with Crippen molar-refractivity contribution in [2.45, 2.75) is 104 Å². The molecule has 0 spiro atoms. The molecule has 1 saturated heterocycles. The van der Waals surface area contributed by atoms with E-state index in [1.54, 1.807) is 6.92 Å². The molecule has 5 nitrogen and oxygen atoms in total. The molecule has 0 amide bonds. The fraction of sp³-hybridized carbons (Fsp3) is 0.842. The Morgan fingerprint density at radius 3 is 2.20 bits per heavy atom. The lowest BCUT2D eigenvalue weighted by Crippen LogP contribution is -2.47. The van der Waals surface area contributed by atoms with E-state index in [2.05, 4.69) is 0 Å². The molecule has 1 atom stereocenters. The quantitative estimate of drug-likeness (QED) is 0.548. The molecule has 0 saturated carbocycles. The summed E-state index contributed by atoms with van der Waals surface area (Å²) in [5.74, 6) is -1.35. The summed E-state index contributed by atoms with van der Waals surface area (Å²) in [7, 11) is -0.457. The summed E-state index contributed by atoms with van der Waals surface area (Å²) >= 11 is 0. The molecule has 1 fully saturated rings. The SMILES string of the molecule is CCCCC(=O)OC1(C)C=C(B2OC(C)(C)C(C)(C)O2)CC(C)(C)O1. The van der Waals surface area contributed by atoms with Crippen LogP contribution in [-0.2, 0) is 23.6 Å². The lowest BCUT2D eigenvalue weighted by Gasteiger charge is -2.41. The van der Waals surface area contributed by atoms with Crippen LogP contribution < -0.4 is 0 Å². The van der Waals surface area contributed by atoms with E-state index in [1.807, 2.05) is 54.5 Å². The molecule has 1 unspecified atom stereocenters. The van der Waals surface area contributed by atoms with Gasteiger partial charge < -0.3 is 18.8 Å². The number of ether oxygens (including phenoxy) is 2. The summed E-state index contributed by atoms with van der Waals surface area (Å²) in [5.41, 5.74) is -0.335. The average Bonchev–Trinajstić information content (AvgIpc) is 2.62. The van der Waals surface area contributed by atoms with Crippen LogP contribution in [0.2, 0.25) is 0 Å². The lowest BCUT2D eigenvalue weighted by molar-refractivity contribution is -0.243. The van der Waals surface area contributed by atoms with Crippen molar-refractivity contribution in [2.75, 3.05) is 0 Å². The van der Waals surface area contributed by atoms with E-state index in [0.717, 1.165) is 18.3 Å². The Morgan fingerprint density at radius 2 is 1.68 bits per heavy atom. The van der Waals surface area contributed by atoms with Gasteiger partial charge in [0.25, 0.3) is 0 Å². The molecule has 25 heavy (non-hydrogen) atoms. The van der Waals surface area contributed by atoms with E-state index in [4.69, 9.17) is 18.8 Å². The zero-order valence-corrected chi connectivity index (χ0v) is 17.0. The van der Waals surface area contributed by atoms with Crippen LogP contribution in [0.1, 0.15) is 81.1 Å². The average molecular weight is 352 g/mol. The highest BCUT2D eigenvalue weighted by Crippen LogP contribution is 2.43. The van der Waals surface area contributed by atoms with Gasteiger partial charge in [0.2, 0.25) is 5.79 Å². The van der Waals surface area contributed by atoms with E-state index in [1.165, 1.54) is 0 Å². The minimum atomic E-state index is -1.11. The third-order valence-electron chi connectivity index (χ3n) is 5.16. The molecule has 2 aliphatic heterocycles. The topological polar surface area (TPSA) is 54.0 Å². The van der Waals surface area contributed by atoms with Gasteiger partial charge in [0.15, 0.2) is 0 Å². The first-order chi connectivity index (χ1) is 11.3. The molecule has 0 aromatic carbocycles. The van der Waals surface area contributed by atoms with Gasteiger partial charge in [0.1, 0.15) is 0 Å². The van der Waals surface area contributed by atoms with Crippen molar-refractivity contribution in [3.05, 3.63) is 11.5 Å². The van der Waals surface area contributed by atoms with Crippen LogP contribution >= 0.6 is 0 Å². The molecular weight excluding hydrogens is 319 g/mol. The standard InChI is InChI=1S/C19H33BO5/c1-9-10-11-15(21)22-19(8)13-14(12-16(2,3)23-19)20-24-17(4,5)18(6,7)25-20/h13H,9-12H2,1-8H3. The smallest absolute Gasteiger partial charge is 0.430 e. The normalized spacial score (nSPS) is 30.1. The Kier molecular flexibility index (Phi) is 5.49. The highest BCUT2D eigenvalue weighted by molar-refractivity contribution is 6.54. The van der Waals surface area contributed by atoms with Crippen LogP contribution in [0.15, 0.2) is 11.5 Å². The molecule has 6 heteroatoms. The summed E-state index contributed by atoms with van der Waals surface area (Å²) in [4.78, 5) is 12.1. The van der Waals surface area contributed by atoms with Gasteiger partial charge in [0, 0.05) is 13.3 Å². The maximum absolute atomic E-state index is 12.1. The molecule has 2 rings (SSSR count). The third kappa shape index (κ3) is 4.66. The number of hydrogen-bond acceptors (Lipinski definition) is 5. The Bertz CT molecular complexity index is 536. The predicted molar refractivity (Wildman–Crippen MR) is 98.0 cm³/mol. The minimum absolute atomic E-state index is 0.244. The summed E-state index contributed by atoms with van der Waals surface area (Å²) in [5, 5.41) is 0. The van der Waals surface area contributed by atoms with Gasteiger partial charge in [-0.3, -0.25) is 4.79 Å². The summed E-state index contributed by atoms with van der Waals surface area (Å²) in [6, 6.07) is 0. The number of unbranched alkanes of at least 4 members (excludes halogenated alkanes) is 1. The monoisotopic (exact) mass is 352 g/mol. The van der Waals surface area contributed by atoms with Crippen molar-refractivity contribution >= 4 is 13.1 Å². The first kappa shape index (κ1) is 20.5. The van der Waals surface area contributed by atoms with E-state index < -0.39 is 29.7 Å². The molecule has 0 bridgehead atoms. The summed E-state index contributed by atoms with van der Waals surface area (Å²) in [6.45, 7) is 15.9.